The van der Waals surface area contributed by atoms with Crippen molar-refractivity contribution < 1.29 is 8.42 Å². The van der Waals surface area contributed by atoms with E-state index in [-0.39, 0.29) is 6.04 Å². The maximum absolute atomic E-state index is 11.3. The molecule has 1 heterocycles. The molecule has 0 bridgehead atoms. The predicted molar refractivity (Wildman–Crippen MR) is 79.4 cm³/mol. The third-order valence-corrected chi connectivity index (χ3v) is 4.22. The van der Waals surface area contributed by atoms with Gasteiger partial charge in [-0.05, 0) is 31.0 Å². The number of piperidine rings is 1. The number of nitriles is 1. The predicted octanol–water partition coefficient (Wildman–Crippen LogP) is 1.73. The quantitative estimate of drug-likeness (QED) is 0.922. The van der Waals surface area contributed by atoms with E-state index in [1.807, 2.05) is 4.90 Å². The number of nitrogens with zero attached hydrogens (tertiary/aromatic N) is 2. The monoisotopic (exact) mass is 313 g/mol. The Morgan fingerprint density at radius 3 is 2.90 bits per heavy atom. The Hall–Kier alpha value is -1.29. The number of nitrogens with one attached hydrogen (secondary N) is 1. The summed E-state index contributed by atoms with van der Waals surface area (Å²) < 4.78 is 25.3. The van der Waals surface area contributed by atoms with E-state index < -0.39 is 10.0 Å². The van der Waals surface area contributed by atoms with Crippen LogP contribution in [-0.4, -0.2) is 33.8 Å². The van der Waals surface area contributed by atoms with Crippen molar-refractivity contribution in [3.8, 4) is 6.07 Å². The van der Waals surface area contributed by atoms with E-state index in [0.29, 0.717) is 17.1 Å². The molecule has 1 saturated heterocycles. The van der Waals surface area contributed by atoms with Crippen LogP contribution in [0.2, 0.25) is 5.02 Å². The van der Waals surface area contributed by atoms with Crippen molar-refractivity contribution in [1.29, 1.82) is 5.26 Å². The molecule has 1 fully saturated rings. The summed E-state index contributed by atoms with van der Waals surface area (Å²) in [5.74, 6) is 0. The molecule has 108 valence electrons. The van der Waals surface area contributed by atoms with E-state index in [2.05, 4.69) is 10.8 Å². The minimum absolute atomic E-state index is 0.135. The minimum Gasteiger partial charge on any atom is -0.369 e. The van der Waals surface area contributed by atoms with Crippen molar-refractivity contribution in [1.82, 2.24) is 4.72 Å². The lowest BCUT2D eigenvalue weighted by molar-refractivity contribution is 0.467. The molecular weight excluding hydrogens is 298 g/mol. The number of benzene rings is 1. The normalized spacial score (nSPS) is 19.6. The molecule has 0 amide bonds. The minimum atomic E-state index is -3.22. The fraction of sp³-hybridized carbons (Fsp3) is 0.462. The summed E-state index contributed by atoms with van der Waals surface area (Å²) in [5.41, 5.74) is 1.31. The first kappa shape index (κ1) is 15.1. The van der Waals surface area contributed by atoms with E-state index in [1.165, 1.54) is 0 Å². The molecule has 1 N–H and O–H groups in total. The average molecular weight is 314 g/mol. The van der Waals surface area contributed by atoms with Crippen LogP contribution in [0.25, 0.3) is 0 Å². The molecule has 0 aromatic heterocycles. The molecule has 0 saturated carbocycles. The number of rotatable bonds is 3. The Morgan fingerprint density at radius 2 is 2.25 bits per heavy atom. The molecule has 20 heavy (non-hydrogen) atoms. The molecule has 7 heteroatoms. The van der Waals surface area contributed by atoms with Crippen LogP contribution < -0.4 is 9.62 Å². The highest BCUT2D eigenvalue weighted by Gasteiger charge is 2.24. The summed E-state index contributed by atoms with van der Waals surface area (Å²) in [5, 5.41) is 9.73. The standard InChI is InChI=1S/C13H16ClN3O2S/c1-20(18,19)16-12-3-2-6-17(9-12)13-7-11(14)5-4-10(13)8-15/h4-5,7,12,16H,2-3,6,9H2,1H3. The largest absolute Gasteiger partial charge is 0.369 e. The van der Waals surface area contributed by atoms with E-state index in [0.717, 1.165) is 31.3 Å². The lowest BCUT2D eigenvalue weighted by atomic mass is 10.0. The topological polar surface area (TPSA) is 73.2 Å². The molecule has 0 radical (unpaired) electrons. The van der Waals surface area contributed by atoms with Crippen LogP contribution in [-0.2, 0) is 10.0 Å². The van der Waals surface area contributed by atoms with Crippen molar-refractivity contribution in [3.05, 3.63) is 28.8 Å². The maximum Gasteiger partial charge on any atom is 0.209 e. The van der Waals surface area contributed by atoms with E-state index in [9.17, 15) is 8.42 Å². The van der Waals surface area contributed by atoms with E-state index in [4.69, 9.17) is 16.9 Å². The van der Waals surface area contributed by atoms with Crippen molar-refractivity contribution in [2.75, 3.05) is 24.2 Å². The Morgan fingerprint density at radius 1 is 1.50 bits per heavy atom. The van der Waals surface area contributed by atoms with Crippen LogP contribution in [0.3, 0.4) is 0 Å². The van der Waals surface area contributed by atoms with Crippen LogP contribution in [0.4, 0.5) is 5.69 Å². The Bertz CT molecular complexity index is 640. The first-order chi connectivity index (χ1) is 9.39. The Kier molecular flexibility index (Phi) is 4.53. The summed E-state index contributed by atoms with van der Waals surface area (Å²) in [6.07, 6.45) is 2.82. The van der Waals surface area contributed by atoms with Gasteiger partial charge in [0.25, 0.3) is 0 Å². The van der Waals surface area contributed by atoms with Gasteiger partial charge in [0, 0.05) is 24.2 Å². The molecule has 2 rings (SSSR count). The van der Waals surface area contributed by atoms with Gasteiger partial charge in [-0.3, -0.25) is 0 Å². The summed E-state index contributed by atoms with van der Waals surface area (Å²) in [6.45, 7) is 1.33. The number of hydrogen-bond acceptors (Lipinski definition) is 4. The van der Waals surface area contributed by atoms with Crippen LogP contribution >= 0.6 is 11.6 Å². The lowest BCUT2D eigenvalue weighted by Gasteiger charge is -2.34. The number of halogens is 1. The fourth-order valence-electron chi connectivity index (χ4n) is 2.46. The summed E-state index contributed by atoms with van der Waals surface area (Å²) >= 11 is 5.99. The van der Waals surface area contributed by atoms with Gasteiger partial charge in [-0.1, -0.05) is 11.6 Å². The van der Waals surface area contributed by atoms with Gasteiger partial charge in [-0.25, -0.2) is 13.1 Å². The highest BCUT2D eigenvalue weighted by Crippen LogP contribution is 2.27. The number of hydrogen-bond donors (Lipinski definition) is 1. The fourth-order valence-corrected chi connectivity index (χ4v) is 3.42. The van der Waals surface area contributed by atoms with Gasteiger partial charge < -0.3 is 4.90 Å². The molecular formula is C13H16ClN3O2S. The lowest BCUT2D eigenvalue weighted by Crippen LogP contribution is -2.47. The van der Waals surface area contributed by atoms with Gasteiger partial charge in [0.15, 0.2) is 0 Å². The highest BCUT2D eigenvalue weighted by atomic mass is 35.5. The van der Waals surface area contributed by atoms with Gasteiger partial charge in [-0.2, -0.15) is 5.26 Å². The second-order valence-corrected chi connectivity index (χ2v) is 7.16. The van der Waals surface area contributed by atoms with E-state index >= 15 is 0 Å². The first-order valence-electron chi connectivity index (χ1n) is 6.31. The number of anilines is 1. The molecule has 1 aliphatic rings. The summed E-state index contributed by atoms with van der Waals surface area (Å²) in [7, 11) is -3.22. The molecule has 1 atom stereocenters. The van der Waals surface area contributed by atoms with Crippen LogP contribution in [0.1, 0.15) is 18.4 Å². The summed E-state index contributed by atoms with van der Waals surface area (Å²) in [6, 6.07) is 7.13. The zero-order valence-electron chi connectivity index (χ0n) is 11.1. The number of sulfonamides is 1. The Balaban J connectivity index is 2.21. The SMILES string of the molecule is CS(=O)(=O)NC1CCCN(c2cc(Cl)ccc2C#N)C1. The van der Waals surface area contributed by atoms with Gasteiger partial charge in [0.1, 0.15) is 6.07 Å². The third-order valence-electron chi connectivity index (χ3n) is 3.22. The van der Waals surface area contributed by atoms with Crippen LogP contribution in [0.5, 0.6) is 0 Å². The Labute approximate surface area is 124 Å². The van der Waals surface area contributed by atoms with Gasteiger partial charge in [-0.15, -0.1) is 0 Å². The highest BCUT2D eigenvalue weighted by molar-refractivity contribution is 7.88. The third kappa shape index (κ3) is 3.85. The molecule has 5 nitrogen and oxygen atoms in total. The smallest absolute Gasteiger partial charge is 0.209 e. The molecule has 0 aliphatic carbocycles. The molecule has 1 unspecified atom stereocenters. The zero-order valence-corrected chi connectivity index (χ0v) is 12.7. The van der Waals surface area contributed by atoms with Crippen molar-refractivity contribution in [2.24, 2.45) is 0 Å². The van der Waals surface area contributed by atoms with Gasteiger partial charge in [0.05, 0.1) is 17.5 Å². The van der Waals surface area contributed by atoms with Crippen LogP contribution in [0.15, 0.2) is 18.2 Å². The van der Waals surface area contributed by atoms with E-state index in [1.54, 1.807) is 18.2 Å². The second kappa shape index (κ2) is 6.00. The second-order valence-electron chi connectivity index (χ2n) is 4.95. The molecule has 0 spiro atoms. The van der Waals surface area contributed by atoms with Crippen molar-refractivity contribution in [2.45, 2.75) is 18.9 Å². The van der Waals surface area contributed by atoms with Crippen molar-refractivity contribution >= 4 is 27.3 Å². The zero-order chi connectivity index (χ0) is 14.8. The van der Waals surface area contributed by atoms with Gasteiger partial charge in [0.2, 0.25) is 10.0 Å². The molecule has 1 aromatic carbocycles. The maximum atomic E-state index is 11.3. The molecule has 1 aliphatic heterocycles. The van der Waals surface area contributed by atoms with Gasteiger partial charge >= 0.3 is 0 Å². The summed E-state index contributed by atoms with van der Waals surface area (Å²) in [4.78, 5) is 2.01. The molecule has 1 aromatic rings. The average Bonchev–Trinajstić information content (AvgIpc) is 2.37. The first-order valence-corrected chi connectivity index (χ1v) is 8.58. The van der Waals surface area contributed by atoms with Crippen LogP contribution in [0, 0.1) is 11.3 Å². The van der Waals surface area contributed by atoms with Crippen molar-refractivity contribution in [3.63, 3.8) is 0 Å².